The fourth-order valence-electron chi connectivity index (χ4n) is 1.61. The Labute approximate surface area is 116 Å². The molecule has 0 bridgehead atoms. The Morgan fingerprint density at radius 2 is 2.25 bits per heavy atom. The summed E-state index contributed by atoms with van der Waals surface area (Å²) in [7, 11) is 0. The molecule has 0 fully saturated rings. The Hall–Kier alpha value is -2.22. The van der Waals surface area contributed by atoms with Crippen LogP contribution in [0.25, 0.3) is 0 Å². The average molecular weight is 277 g/mol. The lowest BCUT2D eigenvalue weighted by atomic mass is 9.92. The first kappa shape index (κ1) is 14.2. The molecule has 0 aliphatic heterocycles. The first-order chi connectivity index (χ1) is 9.38. The van der Waals surface area contributed by atoms with Crippen LogP contribution in [0.1, 0.15) is 32.2 Å². The number of nitrogens with one attached hydrogen (secondary N) is 2. The molecule has 0 spiro atoms. The largest absolute Gasteiger partial charge is 0.325 e. The minimum atomic E-state index is -0.217. The zero-order chi connectivity index (χ0) is 14.8. The molecule has 108 valence electrons. The number of aromatic nitrogens is 5. The van der Waals surface area contributed by atoms with Crippen LogP contribution in [0.3, 0.4) is 0 Å². The van der Waals surface area contributed by atoms with Crippen LogP contribution in [0.2, 0.25) is 0 Å². The van der Waals surface area contributed by atoms with Gasteiger partial charge in [-0.3, -0.25) is 9.89 Å². The lowest BCUT2D eigenvalue weighted by Gasteiger charge is -2.14. The highest BCUT2D eigenvalue weighted by atomic mass is 16.2. The van der Waals surface area contributed by atoms with Gasteiger partial charge in [-0.1, -0.05) is 26.0 Å². The van der Waals surface area contributed by atoms with Gasteiger partial charge in [0, 0.05) is 23.7 Å². The van der Waals surface area contributed by atoms with Gasteiger partial charge in [0.2, 0.25) is 5.91 Å². The summed E-state index contributed by atoms with van der Waals surface area (Å²) in [5.41, 5.74) is 6.99. The molecule has 0 saturated carbocycles. The van der Waals surface area contributed by atoms with Gasteiger partial charge in [-0.05, 0) is 0 Å². The summed E-state index contributed by atoms with van der Waals surface area (Å²) in [5, 5.41) is 17.3. The molecule has 2 heterocycles. The van der Waals surface area contributed by atoms with Gasteiger partial charge < -0.3 is 11.1 Å². The monoisotopic (exact) mass is 277 g/mol. The highest BCUT2D eigenvalue weighted by molar-refractivity contribution is 5.89. The van der Waals surface area contributed by atoms with E-state index in [1.165, 1.54) is 4.68 Å². The third-order valence-electron chi connectivity index (χ3n) is 2.75. The molecule has 2 aromatic heterocycles. The summed E-state index contributed by atoms with van der Waals surface area (Å²) in [6.45, 7) is 6.57. The van der Waals surface area contributed by atoms with Gasteiger partial charge in [0.1, 0.15) is 6.54 Å². The number of hydrogen-bond donors (Lipinski definition) is 3. The normalized spacial score (nSPS) is 11.6. The maximum atomic E-state index is 11.9. The molecule has 4 N–H and O–H groups in total. The van der Waals surface area contributed by atoms with E-state index in [0.717, 1.165) is 5.69 Å². The second-order valence-corrected chi connectivity index (χ2v) is 5.58. The third kappa shape index (κ3) is 3.41. The third-order valence-corrected chi connectivity index (χ3v) is 2.75. The number of nitrogens with two attached hydrogens (primary N) is 1. The number of carbonyl (C=O) groups excluding carboxylic acids is 1. The molecule has 0 radical (unpaired) electrons. The molecule has 0 atom stereocenters. The Kier molecular flexibility index (Phi) is 3.84. The quantitative estimate of drug-likeness (QED) is 0.748. The van der Waals surface area contributed by atoms with Crippen LogP contribution in [-0.4, -0.2) is 31.1 Å². The first-order valence-electron chi connectivity index (χ1n) is 6.33. The minimum absolute atomic E-state index is 0.0437. The lowest BCUT2D eigenvalue weighted by molar-refractivity contribution is -0.116. The number of aromatic amines is 1. The molecular formula is C12H19N7O. The van der Waals surface area contributed by atoms with E-state index >= 15 is 0 Å². The van der Waals surface area contributed by atoms with Crippen LogP contribution < -0.4 is 11.1 Å². The van der Waals surface area contributed by atoms with E-state index in [4.69, 9.17) is 5.73 Å². The van der Waals surface area contributed by atoms with E-state index in [2.05, 4.69) is 46.6 Å². The Balaban J connectivity index is 1.96. The van der Waals surface area contributed by atoms with Crippen molar-refractivity contribution in [3.05, 3.63) is 23.7 Å². The molecule has 20 heavy (non-hydrogen) atoms. The van der Waals surface area contributed by atoms with Crippen LogP contribution in [0, 0.1) is 0 Å². The van der Waals surface area contributed by atoms with Gasteiger partial charge in [0.25, 0.3) is 0 Å². The molecule has 1 amide bonds. The Morgan fingerprint density at radius 3 is 2.80 bits per heavy atom. The fourth-order valence-corrected chi connectivity index (χ4v) is 1.61. The second kappa shape index (κ2) is 5.41. The average Bonchev–Trinajstić information content (AvgIpc) is 2.97. The summed E-state index contributed by atoms with van der Waals surface area (Å²) in [4.78, 5) is 11.9. The van der Waals surface area contributed by atoms with Crippen LogP contribution in [0.15, 0.2) is 12.3 Å². The molecule has 0 saturated heterocycles. The molecule has 0 aliphatic carbocycles. The maximum absolute atomic E-state index is 11.9. The van der Waals surface area contributed by atoms with E-state index < -0.39 is 0 Å². The van der Waals surface area contributed by atoms with Gasteiger partial charge in [-0.15, -0.1) is 5.10 Å². The van der Waals surface area contributed by atoms with Crippen molar-refractivity contribution in [3.63, 3.8) is 0 Å². The van der Waals surface area contributed by atoms with Gasteiger partial charge in [-0.2, -0.15) is 5.10 Å². The maximum Gasteiger partial charge on any atom is 0.247 e. The van der Waals surface area contributed by atoms with Crippen molar-refractivity contribution in [3.8, 4) is 0 Å². The summed E-state index contributed by atoms with van der Waals surface area (Å²) >= 11 is 0. The predicted molar refractivity (Wildman–Crippen MR) is 73.8 cm³/mol. The van der Waals surface area contributed by atoms with E-state index in [1.54, 1.807) is 6.20 Å². The minimum Gasteiger partial charge on any atom is -0.325 e. The van der Waals surface area contributed by atoms with E-state index in [-0.39, 0.29) is 17.9 Å². The molecule has 2 rings (SSSR count). The molecule has 0 aromatic carbocycles. The van der Waals surface area contributed by atoms with Crippen molar-refractivity contribution in [2.24, 2.45) is 5.73 Å². The topological polar surface area (TPSA) is 115 Å². The smallest absolute Gasteiger partial charge is 0.247 e. The molecule has 2 aromatic rings. The van der Waals surface area contributed by atoms with E-state index in [1.807, 2.05) is 6.07 Å². The number of rotatable bonds is 4. The van der Waals surface area contributed by atoms with Gasteiger partial charge in [0.15, 0.2) is 5.82 Å². The summed E-state index contributed by atoms with van der Waals surface area (Å²) < 4.78 is 1.44. The Morgan fingerprint density at radius 1 is 1.50 bits per heavy atom. The van der Waals surface area contributed by atoms with Crippen molar-refractivity contribution in [1.29, 1.82) is 0 Å². The molecule has 0 unspecified atom stereocenters. The number of H-pyrrole nitrogens is 1. The van der Waals surface area contributed by atoms with Crippen LogP contribution >= 0.6 is 0 Å². The highest BCUT2D eigenvalue weighted by Gasteiger charge is 2.17. The number of amides is 1. The first-order valence-corrected chi connectivity index (χ1v) is 6.33. The van der Waals surface area contributed by atoms with Crippen LogP contribution in [0.4, 0.5) is 5.82 Å². The number of nitrogens with zero attached hydrogens (tertiary/aromatic N) is 4. The SMILES string of the molecule is CC(C)(C)c1cc(NC(=O)Cn2cc(CN)nn2)n[nH]1. The van der Waals surface area contributed by atoms with E-state index in [9.17, 15) is 4.79 Å². The summed E-state index contributed by atoms with van der Waals surface area (Å²) in [6.07, 6.45) is 1.64. The van der Waals surface area contributed by atoms with Crippen molar-refractivity contribution in [1.82, 2.24) is 25.2 Å². The molecule has 8 nitrogen and oxygen atoms in total. The van der Waals surface area contributed by atoms with Crippen molar-refractivity contribution < 1.29 is 4.79 Å². The number of anilines is 1. The standard InChI is InChI=1S/C12H19N7O/c1-12(2,3)9-4-10(17-16-9)14-11(20)7-19-6-8(5-13)15-18-19/h4,6H,5,7,13H2,1-3H3,(H2,14,16,17,20). The summed E-state index contributed by atoms with van der Waals surface area (Å²) in [6, 6.07) is 1.82. The number of hydrogen-bond acceptors (Lipinski definition) is 5. The van der Waals surface area contributed by atoms with E-state index in [0.29, 0.717) is 18.1 Å². The highest BCUT2D eigenvalue weighted by Crippen LogP contribution is 2.21. The van der Waals surface area contributed by atoms with Crippen LogP contribution in [0.5, 0.6) is 0 Å². The van der Waals surface area contributed by atoms with Crippen molar-refractivity contribution >= 4 is 11.7 Å². The van der Waals surface area contributed by atoms with Crippen molar-refractivity contribution in [2.75, 3.05) is 5.32 Å². The number of carbonyl (C=O) groups is 1. The summed E-state index contributed by atoms with van der Waals surface area (Å²) in [5.74, 6) is 0.282. The van der Waals surface area contributed by atoms with Gasteiger partial charge in [-0.25, -0.2) is 4.68 Å². The second-order valence-electron chi connectivity index (χ2n) is 5.58. The predicted octanol–water partition coefficient (Wildman–Crippen LogP) is 0.396. The molecule has 0 aliphatic rings. The molecular weight excluding hydrogens is 258 g/mol. The molecule has 8 heteroatoms. The van der Waals surface area contributed by atoms with Gasteiger partial charge in [0.05, 0.1) is 11.9 Å². The fraction of sp³-hybridized carbons (Fsp3) is 0.500. The zero-order valence-corrected chi connectivity index (χ0v) is 11.8. The van der Waals surface area contributed by atoms with Gasteiger partial charge >= 0.3 is 0 Å². The lowest BCUT2D eigenvalue weighted by Crippen LogP contribution is -2.19. The van der Waals surface area contributed by atoms with Crippen molar-refractivity contribution in [2.45, 2.75) is 39.3 Å². The zero-order valence-electron chi connectivity index (χ0n) is 11.8. The Bertz CT molecular complexity index is 593. The van der Waals surface area contributed by atoms with Crippen LogP contribution in [-0.2, 0) is 23.3 Å².